The highest BCUT2D eigenvalue weighted by molar-refractivity contribution is 6.31. The fourth-order valence-electron chi connectivity index (χ4n) is 1.55. The van der Waals surface area contributed by atoms with Crippen molar-refractivity contribution >= 4 is 11.6 Å². The third-order valence-corrected chi connectivity index (χ3v) is 2.88. The van der Waals surface area contributed by atoms with E-state index in [2.05, 4.69) is 4.98 Å². The third-order valence-electron chi connectivity index (χ3n) is 2.57. The van der Waals surface area contributed by atoms with Crippen molar-refractivity contribution < 1.29 is 4.74 Å². The Kier molecular flexibility index (Phi) is 3.81. The molecule has 0 spiro atoms. The van der Waals surface area contributed by atoms with Crippen LogP contribution in [0.15, 0.2) is 36.5 Å². The minimum absolute atomic E-state index is 0.321. The van der Waals surface area contributed by atoms with Crippen molar-refractivity contribution in [3.05, 3.63) is 58.4 Å². The van der Waals surface area contributed by atoms with Gasteiger partial charge in [0.2, 0.25) is 0 Å². The molecule has 0 aliphatic heterocycles. The molecule has 1 heterocycles. The Morgan fingerprint density at radius 3 is 2.89 bits per heavy atom. The molecule has 2 rings (SSSR count). The van der Waals surface area contributed by atoms with E-state index in [0.29, 0.717) is 22.9 Å². The van der Waals surface area contributed by atoms with Gasteiger partial charge in [0, 0.05) is 6.20 Å². The van der Waals surface area contributed by atoms with E-state index in [0.717, 1.165) is 11.3 Å². The second-order valence-electron chi connectivity index (χ2n) is 3.78. The summed E-state index contributed by atoms with van der Waals surface area (Å²) in [6.45, 7) is 2.29. The standard InChI is InChI=1S/C14H11ClN2O/c1-10-4-3-7-17-13(10)9-18-14-6-2-5-12(15)11(14)8-16/h2-7H,9H2,1H3. The van der Waals surface area contributed by atoms with Crippen LogP contribution in [0.25, 0.3) is 0 Å². The minimum Gasteiger partial charge on any atom is -0.486 e. The fourth-order valence-corrected chi connectivity index (χ4v) is 1.76. The molecule has 3 nitrogen and oxygen atoms in total. The summed E-state index contributed by atoms with van der Waals surface area (Å²) in [4.78, 5) is 4.23. The highest BCUT2D eigenvalue weighted by Crippen LogP contribution is 2.26. The number of pyridine rings is 1. The number of aryl methyl sites for hydroxylation is 1. The number of hydrogen-bond donors (Lipinski definition) is 0. The molecule has 18 heavy (non-hydrogen) atoms. The Morgan fingerprint density at radius 1 is 1.33 bits per heavy atom. The molecule has 0 saturated carbocycles. The van der Waals surface area contributed by atoms with E-state index < -0.39 is 0 Å². The van der Waals surface area contributed by atoms with E-state index in [-0.39, 0.29) is 0 Å². The number of nitrogens with zero attached hydrogens (tertiary/aromatic N) is 2. The van der Waals surface area contributed by atoms with Crippen LogP contribution in [0, 0.1) is 18.3 Å². The average molecular weight is 259 g/mol. The summed E-state index contributed by atoms with van der Waals surface area (Å²) >= 11 is 5.92. The molecule has 0 saturated heterocycles. The van der Waals surface area contributed by atoms with Crippen LogP contribution in [-0.4, -0.2) is 4.98 Å². The topological polar surface area (TPSA) is 45.9 Å². The molecular weight excluding hydrogens is 248 g/mol. The second-order valence-corrected chi connectivity index (χ2v) is 4.19. The van der Waals surface area contributed by atoms with Crippen LogP contribution in [-0.2, 0) is 6.61 Å². The highest BCUT2D eigenvalue weighted by atomic mass is 35.5. The summed E-state index contributed by atoms with van der Waals surface area (Å²) in [5.74, 6) is 0.482. The zero-order valence-corrected chi connectivity index (χ0v) is 10.6. The van der Waals surface area contributed by atoms with Crippen LogP contribution in [0.1, 0.15) is 16.8 Å². The lowest BCUT2D eigenvalue weighted by Crippen LogP contribution is -2.01. The van der Waals surface area contributed by atoms with Crippen LogP contribution < -0.4 is 4.74 Å². The van der Waals surface area contributed by atoms with Crippen molar-refractivity contribution in [1.29, 1.82) is 5.26 Å². The first-order valence-corrected chi connectivity index (χ1v) is 5.82. The largest absolute Gasteiger partial charge is 0.486 e. The first kappa shape index (κ1) is 12.4. The predicted molar refractivity (Wildman–Crippen MR) is 69.5 cm³/mol. The Morgan fingerprint density at radius 2 is 2.17 bits per heavy atom. The van der Waals surface area contributed by atoms with Crippen molar-refractivity contribution in [3.63, 3.8) is 0 Å². The lowest BCUT2D eigenvalue weighted by molar-refractivity contribution is 0.299. The lowest BCUT2D eigenvalue weighted by atomic mass is 10.2. The van der Waals surface area contributed by atoms with Gasteiger partial charge < -0.3 is 4.74 Å². The summed E-state index contributed by atoms with van der Waals surface area (Å²) in [7, 11) is 0. The van der Waals surface area contributed by atoms with E-state index >= 15 is 0 Å². The van der Waals surface area contributed by atoms with Crippen LogP contribution >= 0.6 is 11.6 Å². The van der Waals surface area contributed by atoms with Gasteiger partial charge in [-0.3, -0.25) is 4.98 Å². The summed E-state index contributed by atoms with van der Waals surface area (Å²) in [6.07, 6.45) is 1.72. The van der Waals surface area contributed by atoms with E-state index in [4.69, 9.17) is 21.6 Å². The number of halogens is 1. The number of rotatable bonds is 3. The van der Waals surface area contributed by atoms with E-state index in [1.165, 1.54) is 0 Å². The molecule has 1 aromatic heterocycles. The number of hydrogen-bond acceptors (Lipinski definition) is 3. The van der Waals surface area contributed by atoms with E-state index in [1.54, 1.807) is 24.4 Å². The van der Waals surface area contributed by atoms with Gasteiger partial charge in [0.15, 0.2) is 0 Å². The van der Waals surface area contributed by atoms with E-state index in [9.17, 15) is 0 Å². The molecule has 1 aromatic carbocycles. The number of aromatic nitrogens is 1. The van der Waals surface area contributed by atoms with Gasteiger partial charge in [0.1, 0.15) is 24.0 Å². The second kappa shape index (κ2) is 5.52. The van der Waals surface area contributed by atoms with Crippen LogP contribution in [0.3, 0.4) is 0 Å². The van der Waals surface area contributed by atoms with Gasteiger partial charge in [-0.2, -0.15) is 5.26 Å². The zero-order valence-electron chi connectivity index (χ0n) is 9.85. The molecule has 90 valence electrons. The zero-order chi connectivity index (χ0) is 13.0. The Labute approximate surface area is 111 Å². The third kappa shape index (κ3) is 2.61. The Balaban J connectivity index is 2.19. The molecule has 0 atom stereocenters. The quantitative estimate of drug-likeness (QED) is 0.847. The van der Waals surface area contributed by atoms with Crippen LogP contribution in [0.5, 0.6) is 5.75 Å². The maximum absolute atomic E-state index is 9.02. The van der Waals surface area contributed by atoms with Crippen LogP contribution in [0.4, 0.5) is 0 Å². The molecule has 0 bridgehead atoms. The molecule has 0 unspecified atom stereocenters. The summed E-state index contributed by atoms with van der Waals surface area (Å²) < 4.78 is 5.61. The van der Waals surface area contributed by atoms with Crippen molar-refractivity contribution in [2.45, 2.75) is 13.5 Å². The molecule has 2 aromatic rings. The average Bonchev–Trinajstić information content (AvgIpc) is 2.38. The molecule has 4 heteroatoms. The van der Waals surface area contributed by atoms with Crippen molar-refractivity contribution in [3.8, 4) is 11.8 Å². The van der Waals surface area contributed by atoms with E-state index in [1.807, 2.05) is 25.1 Å². The van der Waals surface area contributed by atoms with Gasteiger partial charge in [-0.15, -0.1) is 0 Å². The molecular formula is C14H11ClN2O. The molecule has 0 aliphatic carbocycles. The summed E-state index contributed by atoms with van der Waals surface area (Å²) in [5.41, 5.74) is 2.26. The van der Waals surface area contributed by atoms with Gasteiger partial charge >= 0.3 is 0 Å². The summed E-state index contributed by atoms with van der Waals surface area (Å²) in [6, 6.07) is 11.0. The highest BCUT2D eigenvalue weighted by Gasteiger charge is 2.08. The molecule has 0 N–H and O–H groups in total. The van der Waals surface area contributed by atoms with Crippen molar-refractivity contribution in [2.24, 2.45) is 0 Å². The Hall–Kier alpha value is -2.05. The lowest BCUT2D eigenvalue weighted by Gasteiger charge is -2.09. The summed E-state index contributed by atoms with van der Waals surface area (Å²) in [5, 5.41) is 9.42. The number of ether oxygens (including phenoxy) is 1. The SMILES string of the molecule is Cc1cccnc1COc1cccc(Cl)c1C#N. The number of benzene rings is 1. The van der Waals surface area contributed by atoms with Crippen molar-refractivity contribution in [1.82, 2.24) is 4.98 Å². The molecule has 0 aliphatic rings. The van der Waals surface area contributed by atoms with Gasteiger partial charge in [0.05, 0.1) is 10.7 Å². The van der Waals surface area contributed by atoms with Gasteiger partial charge in [-0.05, 0) is 30.7 Å². The fraction of sp³-hybridized carbons (Fsp3) is 0.143. The van der Waals surface area contributed by atoms with Crippen LogP contribution in [0.2, 0.25) is 5.02 Å². The first-order valence-electron chi connectivity index (χ1n) is 5.44. The Bertz CT molecular complexity index is 605. The monoisotopic (exact) mass is 258 g/mol. The first-order chi connectivity index (χ1) is 8.72. The van der Waals surface area contributed by atoms with Gasteiger partial charge in [-0.25, -0.2) is 0 Å². The maximum Gasteiger partial charge on any atom is 0.139 e. The molecule has 0 radical (unpaired) electrons. The normalized spacial score (nSPS) is 9.83. The maximum atomic E-state index is 9.02. The van der Waals surface area contributed by atoms with Gasteiger partial charge in [0.25, 0.3) is 0 Å². The number of nitriles is 1. The van der Waals surface area contributed by atoms with Gasteiger partial charge in [-0.1, -0.05) is 23.7 Å². The predicted octanol–water partition coefficient (Wildman–Crippen LogP) is 3.49. The molecule has 0 amide bonds. The van der Waals surface area contributed by atoms with Crippen molar-refractivity contribution in [2.75, 3.05) is 0 Å². The minimum atomic E-state index is 0.321. The molecule has 0 fully saturated rings. The smallest absolute Gasteiger partial charge is 0.139 e.